The number of amides is 9. The van der Waals surface area contributed by atoms with Gasteiger partial charge in [0.05, 0.1) is 46.5 Å². The molecule has 4 aromatic heterocycles. The van der Waals surface area contributed by atoms with E-state index in [1.807, 2.05) is 71.5 Å². The van der Waals surface area contributed by atoms with Gasteiger partial charge in [-0.15, -0.1) is 43.1 Å². The predicted molar refractivity (Wildman–Crippen MR) is 430 cm³/mol. The number of hydrogen-bond acceptors (Lipinski definition) is 24. The Morgan fingerprint density at radius 1 is 0.555 bits per heavy atom. The number of imide groups is 4. The van der Waals surface area contributed by atoms with Crippen molar-refractivity contribution in [3.8, 4) is 21.5 Å². The van der Waals surface area contributed by atoms with Crippen molar-refractivity contribution in [1.29, 1.82) is 0 Å². The smallest absolute Gasteiger partial charge is 0.485 e. The molecule has 8 aromatic rings. The third kappa shape index (κ3) is 20.1. The van der Waals surface area contributed by atoms with Gasteiger partial charge in [-0.05, 0) is 146 Å². The number of ketones is 2. The van der Waals surface area contributed by atoms with Gasteiger partial charge in [-0.3, -0.25) is 97.1 Å². The summed E-state index contributed by atoms with van der Waals surface area (Å²) in [5, 5.41) is 44.3. The molecule has 2 unspecified atom stereocenters. The summed E-state index contributed by atoms with van der Waals surface area (Å²) in [6.07, 6.45) is -0.105. The lowest BCUT2D eigenvalue weighted by Crippen LogP contribution is -2.54. The number of aromatic nitrogens is 6. The van der Waals surface area contributed by atoms with Gasteiger partial charge in [0, 0.05) is 74.3 Å². The molecular formula is C81H83Cl2F3N14O17S2. The second-order valence-electron chi connectivity index (χ2n) is 28.1. The molecule has 14 rings (SSSR count). The quantitative estimate of drug-likeness (QED) is 0.0229. The van der Waals surface area contributed by atoms with Crippen molar-refractivity contribution in [2.24, 2.45) is 15.7 Å². The highest BCUT2D eigenvalue weighted by molar-refractivity contribution is 7.15. The van der Waals surface area contributed by atoms with Crippen molar-refractivity contribution >= 4 is 134 Å². The summed E-state index contributed by atoms with van der Waals surface area (Å²) in [5.41, 5.74) is 13.2. The number of nitrogens with one attached hydrogen (secondary N) is 3. The van der Waals surface area contributed by atoms with Gasteiger partial charge in [-0.25, -0.2) is 4.79 Å². The number of carboxylic acids is 2. The molecule has 10 heterocycles. The van der Waals surface area contributed by atoms with E-state index >= 15 is 0 Å². The van der Waals surface area contributed by atoms with Crippen LogP contribution in [0.4, 0.5) is 13.2 Å². The Labute approximate surface area is 696 Å². The molecule has 0 aliphatic carbocycles. The van der Waals surface area contributed by atoms with E-state index in [0.717, 1.165) is 88.1 Å². The SMILES string of the molecule is C.Cc1sc2c(c1C)C(c1ccc(Cl)cc1)=N[C@H](CC(=O)NCCCCCC(=O)COc1cccc3c1C(=O)N(C1CCC(=O)NC1=O)C3=O)c1nnc(C)n1-2.Cc1sc2c(c1C)C(c1ccc(Cl)cc1)=N[C@H](CC(=O)O)c1nnc(C)n1-2.NCCCCCC(=O)COc1cccc2c1C(=O)N(C1CCC(=O)NC1=O)C2=O.O=C(O)C(F)(F)F. The average Bonchev–Trinajstić information content (AvgIpc) is 1.57. The van der Waals surface area contributed by atoms with Crippen molar-refractivity contribution in [3.05, 3.63) is 184 Å². The van der Waals surface area contributed by atoms with Crippen molar-refractivity contribution in [2.45, 2.75) is 169 Å². The highest BCUT2D eigenvalue weighted by Gasteiger charge is 2.48. The lowest BCUT2D eigenvalue weighted by Gasteiger charge is -2.27. The molecule has 38 heteroatoms. The van der Waals surface area contributed by atoms with Crippen LogP contribution in [-0.4, -0.2) is 182 Å². The molecule has 0 spiro atoms. The second kappa shape index (κ2) is 38.7. The first-order chi connectivity index (χ1) is 56.2. The summed E-state index contributed by atoms with van der Waals surface area (Å²) in [5.74, 6) is -6.27. The molecule has 119 heavy (non-hydrogen) atoms. The van der Waals surface area contributed by atoms with Gasteiger partial charge in [0.25, 0.3) is 23.6 Å². The number of Topliss-reactive ketones (excluding diaryl/α,β-unsaturated/α-hetero) is 2. The molecule has 31 nitrogen and oxygen atoms in total. The first-order valence-electron chi connectivity index (χ1n) is 37.4. The molecule has 7 N–H and O–H groups in total. The van der Waals surface area contributed by atoms with E-state index in [1.165, 1.54) is 29.1 Å². The van der Waals surface area contributed by atoms with Crippen LogP contribution in [0.25, 0.3) is 10.0 Å². The molecule has 2 saturated heterocycles. The minimum atomic E-state index is -5.08. The Balaban J connectivity index is 0.000000195. The summed E-state index contributed by atoms with van der Waals surface area (Å²) in [6.45, 7) is 12.5. The van der Waals surface area contributed by atoms with Crippen LogP contribution < -0.4 is 31.2 Å². The Bertz CT molecular complexity index is 5430. The van der Waals surface area contributed by atoms with Crippen molar-refractivity contribution in [3.63, 3.8) is 0 Å². The number of thiophene rings is 2. The van der Waals surface area contributed by atoms with Crippen LogP contribution in [-0.2, 0) is 43.2 Å². The maximum absolute atomic E-state index is 13.3. The predicted octanol–water partition coefficient (Wildman–Crippen LogP) is 11.0. The van der Waals surface area contributed by atoms with Crippen LogP contribution in [0.2, 0.25) is 10.0 Å². The zero-order valence-electron chi connectivity index (χ0n) is 64.4. The van der Waals surface area contributed by atoms with Crippen LogP contribution in [0.1, 0.15) is 217 Å². The highest BCUT2D eigenvalue weighted by atomic mass is 35.5. The first-order valence-corrected chi connectivity index (χ1v) is 39.8. The number of nitrogens with zero attached hydrogens (tertiary/aromatic N) is 10. The largest absolute Gasteiger partial charge is 0.490 e. The van der Waals surface area contributed by atoms with E-state index in [9.17, 15) is 75.8 Å². The number of halogens is 5. The van der Waals surface area contributed by atoms with Gasteiger partial charge in [0.1, 0.15) is 70.5 Å². The molecule has 6 aliphatic heterocycles. The number of carbonyl (C=O) groups is 13. The maximum Gasteiger partial charge on any atom is 0.490 e. The number of aliphatic imine (C=N–C) groups is 2. The van der Waals surface area contributed by atoms with E-state index in [0.29, 0.717) is 72.7 Å². The molecular weight excluding hydrogens is 1630 g/mol. The molecule has 0 bridgehead atoms. The zero-order valence-corrected chi connectivity index (χ0v) is 67.5. The van der Waals surface area contributed by atoms with Crippen LogP contribution in [0, 0.1) is 41.5 Å². The number of nitrogens with two attached hydrogens (primary N) is 1. The molecule has 0 saturated carbocycles. The monoisotopic (exact) mass is 1710 g/mol. The molecule has 9 amide bonds. The minimum Gasteiger partial charge on any atom is -0.485 e. The van der Waals surface area contributed by atoms with Gasteiger partial charge in [0.2, 0.25) is 29.5 Å². The summed E-state index contributed by atoms with van der Waals surface area (Å²) in [4.78, 5) is 172. The van der Waals surface area contributed by atoms with Gasteiger partial charge < -0.3 is 30.7 Å². The number of aryl methyl sites for hydroxylation is 4. The molecule has 6 aliphatic rings. The van der Waals surface area contributed by atoms with Gasteiger partial charge in [0.15, 0.2) is 23.2 Å². The number of rotatable bonds is 25. The molecule has 4 atom stereocenters. The molecule has 4 aromatic carbocycles. The summed E-state index contributed by atoms with van der Waals surface area (Å²) in [7, 11) is 0. The number of fused-ring (bicyclic) bond motifs is 8. The lowest BCUT2D eigenvalue weighted by atomic mass is 9.99. The number of piperidine rings is 2. The Hall–Kier alpha value is -11.9. The first kappa shape index (κ1) is 89.5. The van der Waals surface area contributed by atoms with E-state index in [4.69, 9.17) is 58.3 Å². The van der Waals surface area contributed by atoms with Crippen molar-refractivity contribution in [2.75, 3.05) is 26.3 Å². The van der Waals surface area contributed by atoms with Gasteiger partial charge in [-0.2, -0.15) is 13.2 Å². The van der Waals surface area contributed by atoms with Crippen LogP contribution in [0.3, 0.4) is 0 Å². The number of hydrogen-bond donors (Lipinski definition) is 6. The van der Waals surface area contributed by atoms with E-state index in [2.05, 4.69) is 64.0 Å². The standard InChI is InChI=1S/C39H38ClN7O7S.C20H23N3O6.C19H17ClN4O2S.C2HF3O2.CH4/c1-20-21(2)55-39-32(20)34(23-11-13-24(40)14-12-23)42-27(35-45-44-22(3)46(35)39)18-31(50)41-17-6-4-5-8-25(48)19-54-29-10-7-9-26-33(29)38(53)47(37(26)52)28-15-16-30(49)43-36(28)51;21-10-3-1-2-5-12(24)11-29-15-7-4-6-13-17(15)20(28)23(19(13)27)14-8-9-16(25)22-18(14)26;1-9-10(2)27-19-16(9)17(12-4-6-13(20)7-5-12)21-14(8-15(25)26)18-23-22-11(3)24(18)19;3-2(4,5)1(6)7;/h7,9-14,27-28H,4-6,8,15-19H2,1-3H3,(H,41,50)(H,43,49,51);4,6-7,14H,1-3,5,8-11,21H2,(H,22,25,26);4-7,14H,8H2,1-3H3,(H,25,26);(H,6,7);1H4/t27-,28?;;14-;;/m1.1../s1. The fourth-order valence-electron chi connectivity index (χ4n) is 13.8. The van der Waals surface area contributed by atoms with Gasteiger partial charge in [-0.1, -0.05) is 79.9 Å². The number of aliphatic carboxylic acids is 2. The number of ether oxygens (including phenoxy) is 2. The second-order valence-corrected chi connectivity index (χ2v) is 31.4. The van der Waals surface area contributed by atoms with E-state index in [-0.39, 0.29) is 117 Å². The van der Waals surface area contributed by atoms with Crippen LogP contribution in [0.15, 0.2) is 94.9 Å². The number of unbranched alkanes of at least 4 members (excludes halogenated alkanes) is 4. The van der Waals surface area contributed by atoms with E-state index < -0.39 is 89.5 Å². The summed E-state index contributed by atoms with van der Waals surface area (Å²) >= 11 is 15.6. The Morgan fingerprint density at radius 3 is 1.34 bits per heavy atom. The topological polar surface area (TPSA) is 436 Å². The zero-order chi connectivity index (χ0) is 85.3. The number of benzene rings is 4. The highest BCUT2D eigenvalue weighted by Crippen LogP contribution is 2.43. The van der Waals surface area contributed by atoms with Gasteiger partial charge >= 0.3 is 18.1 Å². The summed E-state index contributed by atoms with van der Waals surface area (Å²) < 4.78 is 46.9. The third-order valence-corrected chi connectivity index (χ3v) is 22.8. The Morgan fingerprint density at radius 2 is 0.958 bits per heavy atom. The fraction of sp³-hybridized carbons (Fsp3) is 0.370. The average molecular weight is 1720 g/mol. The Kier molecular flexibility index (Phi) is 29.1. The lowest BCUT2D eigenvalue weighted by molar-refractivity contribution is -0.192. The summed E-state index contributed by atoms with van der Waals surface area (Å²) in [6, 6.07) is 20.7. The number of carboxylic acid groups (broad SMARTS) is 2. The maximum atomic E-state index is 13.3. The van der Waals surface area contributed by atoms with Crippen LogP contribution >= 0.6 is 45.9 Å². The molecule has 626 valence electrons. The third-order valence-electron chi connectivity index (χ3n) is 20.0. The van der Waals surface area contributed by atoms with E-state index in [1.54, 1.807) is 34.8 Å². The van der Waals surface area contributed by atoms with Crippen molar-refractivity contribution < 1.29 is 95.2 Å². The normalized spacial score (nSPS) is 16.9. The molecule has 0 radical (unpaired) electrons. The molecule has 2 fully saturated rings. The van der Waals surface area contributed by atoms with Crippen LogP contribution in [0.5, 0.6) is 11.5 Å². The minimum absolute atomic E-state index is 0. The number of alkyl halides is 3. The fourth-order valence-corrected chi connectivity index (χ4v) is 16.5. The number of carbonyl (C=O) groups excluding carboxylic acids is 11. The van der Waals surface area contributed by atoms with Crippen molar-refractivity contribution in [1.82, 2.24) is 55.3 Å².